The van der Waals surface area contributed by atoms with Gasteiger partial charge in [-0.2, -0.15) is 5.10 Å². The molecule has 36 heavy (non-hydrogen) atoms. The molecule has 1 atom stereocenters. The van der Waals surface area contributed by atoms with Crippen molar-refractivity contribution in [2.45, 2.75) is 53.2 Å². The quantitative estimate of drug-likeness (QED) is 0.392. The van der Waals surface area contributed by atoms with E-state index in [1.807, 2.05) is 32.0 Å². The number of aromatic nitrogens is 3. The van der Waals surface area contributed by atoms with E-state index in [2.05, 4.69) is 34.6 Å². The first-order chi connectivity index (χ1) is 17.2. The van der Waals surface area contributed by atoms with Gasteiger partial charge in [-0.1, -0.05) is 33.8 Å². The molecule has 194 valence electrons. The molecule has 10 heteroatoms. The lowest BCUT2D eigenvalue weighted by molar-refractivity contribution is -0.122. The minimum Gasteiger partial charge on any atom is -0.496 e. The van der Waals surface area contributed by atoms with Crippen molar-refractivity contribution in [1.29, 1.82) is 0 Å². The van der Waals surface area contributed by atoms with E-state index < -0.39 is 0 Å². The number of carbonyl (C=O) groups excluding carboxylic acids is 2. The number of hydrogen-bond donors (Lipinski definition) is 2. The molecule has 3 aromatic rings. The van der Waals surface area contributed by atoms with Gasteiger partial charge < -0.3 is 24.5 Å². The van der Waals surface area contributed by atoms with Crippen LogP contribution in [0.4, 0.5) is 0 Å². The van der Waals surface area contributed by atoms with Crippen LogP contribution in [0.5, 0.6) is 11.5 Å². The van der Waals surface area contributed by atoms with Crippen LogP contribution in [0.25, 0.3) is 11.3 Å². The number of rotatable bonds is 12. The summed E-state index contributed by atoms with van der Waals surface area (Å²) in [5.74, 6) is 1.40. The molecule has 1 aromatic carbocycles. The molecule has 0 fully saturated rings. The van der Waals surface area contributed by atoms with E-state index in [1.165, 1.54) is 12.5 Å². The topological polar surface area (TPSA) is 121 Å². The van der Waals surface area contributed by atoms with Gasteiger partial charge in [-0.05, 0) is 30.0 Å². The number of carbonyl (C=O) groups is 2. The second kappa shape index (κ2) is 12.2. The first-order valence-electron chi connectivity index (χ1n) is 12.0. The molecular formula is C26H35N5O5. The number of amides is 2. The van der Waals surface area contributed by atoms with Crippen molar-refractivity contribution in [3.63, 3.8) is 0 Å². The van der Waals surface area contributed by atoms with E-state index in [4.69, 9.17) is 13.9 Å². The van der Waals surface area contributed by atoms with Crippen LogP contribution >= 0.6 is 0 Å². The monoisotopic (exact) mass is 497 g/mol. The first kappa shape index (κ1) is 26.8. The van der Waals surface area contributed by atoms with Crippen LogP contribution in [-0.4, -0.2) is 46.8 Å². The highest BCUT2D eigenvalue weighted by Gasteiger charge is 2.25. The van der Waals surface area contributed by atoms with Crippen molar-refractivity contribution in [2.75, 3.05) is 14.2 Å². The maximum Gasteiger partial charge on any atom is 0.272 e. The van der Waals surface area contributed by atoms with E-state index >= 15 is 0 Å². The van der Waals surface area contributed by atoms with Crippen molar-refractivity contribution in [2.24, 2.45) is 11.8 Å². The van der Waals surface area contributed by atoms with Crippen LogP contribution < -0.4 is 20.1 Å². The summed E-state index contributed by atoms with van der Waals surface area (Å²) in [5, 5.41) is 10.4. The van der Waals surface area contributed by atoms with Crippen LogP contribution in [0, 0.1) is 11.8 Å². The van der Waals surface area contributed by atoms with Crippen LogP contribution in [-0.2, 0) is 17.9 Å². The van der Waals surface area contributed by atoms with Gasteiger partial charge in [-0.3, -0.25) is 14.3 Å². The number of hydrogen-bond acceptors (Lipinski definition) is 7. The zero-order chi connectivity index (χ0) is 26.2. The average molecular weight is 498 g/mol. The molecule has 0 aliphatic rings. The molecule has 0 aliphatic carbocycles. The van der Waals surface area contributed by atoms with E-state index in [0.717, 1.165) is 5.56 Å². The fraction of sp³-hybridized carbons (Fsp3) is 0.462. The van der Waals surface area contributed by atoms with E-state index in [-0.39, 0.29) is 48.4 Å². The molecule has 1 unspecified atom stereocenters. The molecule has 0 saturated heterocycles. The number of ether oxygens (including phenoxy) is 2. The summed E-state index contributed by atoms with van der Waals surface area (Å²) in [7, 11) is 3.19. The maximum atomic E-state index is 13.3. The second-order valence-electron chi connectivity index (χ2n) is 9.26. The minimum absolute atomic E-state index is 0.0213. The Labute approximate surface area is 211 Å². The Bertz CT molecular complexity index is 1130. The van der Waals surface area contributed by atoms with Crippen LogP contribution in [0.1, 0.15) is 50.5 Å². The summed E-state index contributed by atoms with van der Waals surface area (Å²) in [5.41, 5.74) is 1.69. The molecule has 0 bridgehead atoms. The number of benzene rings is 1. The molecule has 2 N–H and O–H groups in total. The fourth-order valence-electron chi connectivity index (χ4n) is 3.80. The molecule has 0 aliphatic heterocycles. The summed E-state index contributed by atoms with van der Waals surface area (Å²) in [4.78, 5) is 29.8. The molecule has 3 rings (SSSR count). The number of nitrogens with zero attached hydrogens (tertiary/aromatic N) is 3. The summed E-state index contributed by atoms with van der Waals surface area (Å²) in [6, 6.07) is 6.88. The van der Waals surface area contributed by atoms with Gasteiger partial charge in [0.15, 0.2) is 5.69 Å². The highest BCUT2D eigenvalue weighted by atomic mass is 16.5. The van der Waals surface area contributed by atoms with Gasteiger partial charge in [0.1, 0.15) is 17.8 Å². The Hall–Kier alpha value is -3.82. The zero-order valence-corrected chi connectivity index (χ0v) is 21.7. The van der Waals surface area contributed by atoms with Crippen molar-refractivity contribution >= 4 is 11.8 Å². The lowest BCUT2D eigenvalue weighted by atomic mass is 10.00. The summed E-state index contributed by atoms with van der Waals surface area (Å²) in [6.45, 7) is 8.85. The normalized spacial score (nSPS) is 12.0. The second-order valence-corrected chi connectivity index (χ2v) is 9.26. The van der Waals surface area contributed by atoms with Gasteiger partial charge >= 0.3 is 0 Å². The summed E-state index contributed by atoms with van der Waals surface area (Å²) < 4.78 is 18.1. The van der Waals surface area contributed by atoms with E-state index in [1.54, 1.807) is 25.0 Å². The van der Waals surface area contributed by atoms with Crippen LogP contribution in [0.2, 0.25) is 0 Å². The average Bonchev–Trinajstić information content (AvgIpc) is 3.51. The molecule has 2 amide bonds. The highest BCUT2D eigenvalue weighted by molar-refractivity contribution is 5.94. The van der Waals surface area contributed by atoms with Gasteiger partial charge in [-0.25, -0.2) is 4.98 Å². The van der Waals surface area contributed by atoms with E-state index in [9.17, 15) is 9.59 Å². The van der Waals surface area contributed by atoms with Gasteiger partial charge in [0.25, 0.3) is 5.91 Å². The maximum absolute atomic E-state index is 13.3. The Balaban J connectivity index is 1.83. The van der Waals surface area contributed by atoms with E-state index in [0.29, 0.717) is 29.6 Å². The third-order valence-electron chi connectivity index (χ3n) is 5.68. The van der Waals surface area contributed by atoms with Crippen molar-refractivity contribution < 1.29 is 23.5 Å². The predicted molar refractivity (Wildman–Crippen MR) is 135 cm³/mol. The van der Waals surface area contributed by atoms with Crippen molar-refractivity contribution in [3.8, 4) is 22.8 Å². The summed E-state index contributed by atoms with van der Waals surface area (Å²) >= 11 is 0. The minimum atomic E-state index is -0.387. The molecular weight excluding hydrogens is 462 g/mol. The zero-order valence-electron chi connectivity index (χ0n) is 21.7. The SMILES string of the molecule is COc1cccc(OC)c1-c1cc(C(=O)NC(CC(=O)NCc2ncco2)C(C)C)nn1CC(C)C. The third kappa shape index (κ3) is 6.65. The predicted octanol–water partition coefficient (Wildman–Crippen LogP) is 3.67. The molecule has 0 spiro atoms. The molecule has 2 heterocycles. The summed E-state index contributed by atoms with van der Waals surface area (Å²) in [6.07, 6.45) is 3.09. The first-order valence-corrected chi connectivity index (χ1v) is 12.0. The standard InChI is InChI=1S/C26H35N5O5/c1-16(2)15-31-20(25-21(34-5)8-7-9-22(25)35-6)12-19(30-31)26(33)29-18(17(3)4)13-23(32)28-14-24-27-10-11-36-24/h7-12,16-18H,13-15H2,1-6H3,(H,28,32)(H,29,33). The van der Waals surface area contributed by atoms with Gasteiger partial charge in [-0.15, -0.1) is 0 Å². The Morgan fingerprint density at radius 1 is 1.11 bits per heavy atom. The van der Waals surface area contributed by atoms with Crippen molar-refractivity contribution in [1.82, 2.24) is 25.4 Å². The number of oxazole rings is 1. The lowest BCUT2D eigenvalue weighted by Gasteiger charge is -2.21. The van der Waals surface area contributed by atoms with Crippen molar-refractivity contribution in [3.05, 3.63) is 48.3 Å². The highest BCUT2D eigenvalue weighted by Crippen LogP contribution is 2.38. The fourth-order valence-corrected chi connectivity index (χ4v) is 3.80. The molecule has 10 nitrogen and oxygen atoms in total. The lowest BCUT2D eigenvalue weighted by Crippen LogP contribution is -2.42. The molecule has 0 saturated carbocycles. The van der Waals surface area contributed by atoms with Gasteiger partial charge in [0.2, 0.25) is 11.8 Å². The smallest absolute Gasteiger partial charge is 0.272 e. The Morgan fingerprint density at radius 2 is 1.81 bits per heavy atom. The third-order valence-corrected chi connectivity index (χ3v) is 5.68. The molecule has 0 radical (unpaired) electrons. The molecule has 2 aromatic heterocycles. The number of nitrogens with one attached hydrogen (secondary N) is 2. The Kier molecular flexibility index (Phi) is 9.10. The number of methoxy groups -OCH3 is 2. The van der Waals surface area contributed by atoms with Crippen LogP contribution in [0.15, 0.2) is 41.1 Å². The van der Waals surface area contributed by atoms with Gasteiger partial charge in [0, 0.05) is 19.0 Å². The van der Waals surface area contributed by atoms with Crippen LogP contribution in [0.3, 0.4) is 0 Å². The largest absolute Gasteiger partial charge is 0.496 e. The van der Waals surface area contributed by atoms with Gasteiger partial charge in [0.05, 0.1) is 38.2 Å². The Morgan fingerprint density at radius 3 is 2.36 bits per heavy atom.